The number of fused-ring (bicyclic) bond motifs is 1. The number of carbonyl (C=O) groups excluding carboxylic acids is 3. The topological polar surface area (TPSA) is 81.8 Å². The lowest BCUT2D eigenvalue weighted by molar-refractivity contribution is -0.136. The highest BCUT2D eigenvalue weighted by Crippen LogP contribution is 2.30. The van der Waals surface area contributed by atoms with E-state index in [9.17, 15) is 14.4 Å². The Balaban J connectivity index is 1.56. The molecule has 0 spiro atoms. The van der Waals surface area contributed by atoms with E-state index < -0.39 is 6.04 Å². The zero-order valence-electron chi connectivity index (χ0n) is 15.0. The van der Waals surface area contributed by atoms with E-state index in [1.807, 2.05) is 12.1 Å². The molecule has 0 radical (unpaired) electrons. The summed E-state index contributed by atoms with van der Waals surface area (Å²) in [5.41, 5.74) is 2.86. The maximum Gasteiger partial charge on any atom is 0.255 e. The van der Waals surface area contributed by atoms with Crippen molar-refractivity contribution < 1.29 is 14.4 Å². The molecule has 26 heavy (non-hydrogen) atoms. The minimum Gasteiger partial charge on any atom is -0.322 e. The summed E-state index contributed by atoms with van der Waals surface area (Å²) in [5, 5.41) is 5.74. The molecule has 0 aromatic heterocycles. The molecule has 3 aliphatic heterocycles. The maximum atomic E-state index is 12.9. The summed E-state index contributed by atoms with van der Waals surface area (Å²) in [7, 11) is 0. The first-order valence-corrected chi connectivity index (χ1v) is 9.25. The minimum absolute atomic E-state index is 0.107. The summed E-state index contributed by atoms with van der Waals surface area (Å²) in [5.74, 6) is -0.729. The van der Waals surface area contributed by atoms with Crippen LogP contribution in [0.1, 0.15) is 41.3 Å². The van der Waals surface area contributed by atoms with Gasteiger partial charge in [0, 0.05) is 50.7 Å². The molecule has 1 aromatic rings. The highest BCUT2D eigenvalue weighted by molar-refractivity contribution is 6.05. The van der Waals surface area contributed by atoms with E-state index >= 15 is 0 Å². The number of hydrogen-bond acceptors (Lipinski definition) is 5. The smallest absolute Gasteiger partial charge is 0.255 e. The number of nitrogens with zero attached hydrogens (tertiary/aromatic N) is 2. The van der Waals surface area contributed by atoms with Crippen molar-refractivity contribution in [1.29, 1.82) is 0 Å². The molecule has 7 heteroatoms. The molecule has 0 saturated carbocycles. The second-order valence-corrected chi connectivity index (χ2v) is 7.37. The van der Waals surface area contributed by atoms with E-state index in [-0.39, 0.29) is 24.1 Å². The van der Waals surface area contributed by atoms with Crippen molar-refractivity contribution >= 4 is 17.7 Å². The molecule has 0 aliphatic carbocycles. The molecule has 2 N–H and O–H groups in total. The fourth-order valence-corrected chi connectivity index (χ4v) is 4.13. The van der Waals surface area contributed by atoms with Crippen LogP contribution < -0.4 is 10.6 Å². The van der Waals surface area contributed by atoms with Crippen LogP contribution in [-0.4, -0.2) is 59.2 Å². The fourth-order valence-electron chi connectivity index (χ4n) is 4.13. The van der Waals surface area contributed by atoms with Gasteiger partial charge in [-0.15, -0.1) is 0 Å². The van der Waals surface area contributed by atoms with Crippen molar-refractivity contribution in [2.75, 3.05) is 19.6 Å². The van der Waals surface area contributed by atoms with E-state index in [2.05, 4.69) is 28.5 Å². The Hall–Kier alpha value is -2.25. The van der Waals surface area contributed by atoms with Gasteiger partial charge in [-0.2, -0.15) is 0 Å². The van der Waals surface area contributed by atoms with Crippen LogP contribution in [0.25, 0.3) is 0 Å². The first kappa shape index (κ1) is 17.2. The van der Waals surface area contributed by atoms with E-state index in [0.29, 0.717) is 24.6 Å². The number of hydrogen-bond donors (Lipinski definition) is 2. The van der Waals surface area contributed by atoms with Crippen LogP contribution in [0, 0.1) is 0 Å². The molecule has 3 heterocycles. The van der Waals surface area contributed by atoms with Crippen molar-refractivity contribution in [3.63, 3.8) is 0 Å². The third kappa shape index (κ3) is 3.01. The van der Waals surface area contributed by atoms with Gasteiger partial charge in [0.2, 0.25) is 11.8 Å². The van der Waals surface area contributed by atoms with E-state index in [4.69, 9.17) is 0 Å². The van der Waals surface area contributed by atoms with Crippen molar-refractivity contribution in [2.45, 2.75) is 44.9 Å². The van der Waals surface area contributed by atoms with Crippen LogP contribution in [0.15, 0.2) is 18.2 Å². The van der Waals surface area contributed by atoms with Gasteiger partial charge in [0.25, 0.3) is 5.91 Å². The zero-order chi connectivity index (χ0) is 18.3. The highest BCUT2D eigenvalue weighted by atomic mass is 16.2. The quantitative estimate of drug-likeness (QED) is 0.759. The Morgan fingerprint density at radius 3 is 2.85 bits per heavy atom. The number of piperazine rings is 1. The van der Waals surface area contributed by atoms with Crippen molar-refractivity contribution in [1.82, 2.24) is 20.4 Å². The third-order valence-corrected chi connectivity index (χ3v) is 5.69. The molecule has 2 fully saturated rings. The van der Waals surface area contributed by atoms with Gasteiger partial charge in [-0.3, -0.25) is 24.6 Å². The number of amides is 3. The van der Waals surface area contributed by atoms with Crippen LogP contribution >= 0.6 is 0 Å². The number of benzene rings is 1. The van der Waals surface area contributed by atoms with Crippen molar-refractivity contribution in [3.8, 4) is 0 Å². The number of nitrogens with one attached hydrogen (secondary N) is 2. The van der Waals surface area contributed by atoms with Gasteiger partial charge in [-0.25, -0.2) is 0 Å². The number of imide groups is 1. The first-order chi connectivity index (χ1) is 12.5. The Bertz CT molecular complexity index is 763. The lowest BCUT2D eigenvalue weighted by Gasteiger charge is -2.34. The second kappa shape index (κ2) is 6.81. The normalized spacial score (nSPS) is 26.8. The fraction of sp³-hybridized carbons (Fsp3) is 0.526. The van der Waals surface area contributed by atoms with Gasteiger partial charge >= 0.3 is 0 Å². The van der Waals surface area contributed by atoms with Crippen LogP contribution in [0.4, 0.5) is 0 Å². The standard InChI is InChI=1S/C19H24N4O3/c1-12-9-20-7-8-22(12)10-13-3-2-4-14-15(13)11-23(19(14)26)16-5-6-17(24)21-18(16)25/h2-4,12,16,20H,5-11H2,1H3,(H,21,24,25)/t12-,16?/m0/s1. The molecule has 3 aliphatic rings. The Morgan fingerprint density at radius 1 is 1.23 bits per heavy atom. The van der Waals surface area contributed by atoms with Gasteiger partial charge in [-0.1, -0.05) is 12.1 Å². The molecule has 2 saturated heterocycles. The number of rotatable bonds is 3. The Kier molecular flexibility index (Phi) is 4.50. The highest BCUT2D eigenvalue weighted by Gasteiger charge is 2.39. The van der Waals surface area contributed by atoms with Gasteiger partial charge in [-0.05, 0) is 30.5 Å². The van der Waals surface area contributed by atoms with Gasteiger partial charge in [0.1, 0.15) is 6.04 Å². The van der Waals surface area contributed by atoms with E-state index in [1.165, 1.54) is 0 Å². The molecular formula is C19H24N4O3. The van der Waals surface area contributed by atoms with Crippen LogP contribution in [0.2, 0.25) is 0 Å². The molecule has 3 amide bonds. The van der Waals surface area contributed by atoms with Crippen LogP contribution in [0.5, 0.6) is 0 Å². The maximum absolute atomic E-state index is 12.9. The Labute approximate surface area is 152 Å². The van der Waals surface area contributed by atoms with Crippen molar-refractivity contribution in [3.05, 3.63) is 34.9 Å². The lowest BCUT2D eigenvalue weighted by Crippen LogP contribution is -2.52. The largest absolute Gasteiger partial charge is 0.322 e. The summed E-state index contributed by atoms with van der Waals surface area (Å²) in [6, 6.07) is 5.73. The number of piperidine rings is 1. The predicted molar refractivity (Wildman–Crippen MR) is 95.2 cm³/mol. The summed E-state index contributed by atoms with van der Waals surface area (Å²) < 4.78 is 0. The first-order valence-electron chi connectivity index (χ1n) is 9.25. The Morgan fingerprint density at radius 2 is 2.08 bits per heavy atom. The molecule has 1 unspecified atom stereocenters. The predicted octanol–water partition coefficient (Wildman–Crippen LogP) is 0.241. The number of carbonyl (C=O) groups is 3. The average Bonchev–Trinajstić information content (AvgIpc) is 2.95. The molecule has 2 atom stereocenters. The van der Waals surface area contributed by atoms with Crippen LogP contribution in [-0.2, 0) is 22.7 Å². The molecule has 7 nitrogen and oxygen atoms in total. The SMILES string of the molecule is C[C@H]1CNCCN1Cc1cccc2c1CN(C1CCC(=O)NC1=O)C2=O. The lowest BCUT2D eigenvalue weighted by atomic mass is 10.0. The average molecular weight is 356 g/mol. The zero-order valence-corrected chi connectivity index (χ0v) is 15.0. The molecule has 1 aromatic carbocycles. The van der Waals surface area contributed by atoms with Crippen molar-refractivity contribution in [2.24, 2.45) is 0 Å². The van der Waals surface area contributed by atoms with E-state index in [1.54, 1.807) is 4.90 Å². The second-order valence-electron chi connectivity index (χ2n) is 7.37. The molecule has 4 rings (SSSR count). The monoisotopic (exact) mass is 356 g/mol. The minimum atomic E-state index is -0.557. The molecule has 0 bridgehead atoms. The van der Waals surface area contributed by atoms with E-state index in [0.717, 1.165) is 37.3 Å². The summed E-state index contributed by atoms with van der Waals surface area (Å²) in [6.07, 6.45) is 0.677. The molecule has 138 valence electrons. The van der Waals surface area contributed by atoms with Crippen LogP contribution in [0.3, 0.4) is 0 Å². The third-order valence-electron chi connectivity index (χ3n) is 5.69. The van der Waals surface area contributed by atoms with Gasteiger partial charge < -0.3 is 10.2 Å². The van der Waals surface area contributed by atoms with Gasteiger partial charge in [0.05, 0.1) is 0 Å². The summed E-state index contributed by atoms with van der Waals surface area (Å²) in [4.78, 5) is 40.5. The summed E-state index contributed by atoms with van der Waals surface area (Å²) >= 11 is 0. The van der Waals surface area contributed by atoms with Gasteiger partial charge in [0.15, 0.2) is 0 Å². The summed E-state index contributed by atoms with van der Waals surface area (Å²) in [6.45, 7) is 6.38. The molecular weight excluding hydrogens is 332 g/mol.